The molecule has 0 aromatic heterocycles. The molecule has 5 heteroatoms. The van der Waals surface area contributed by atoms with E-state index < -0.39 is 0 Å². The minimum Gasteiger partial charge on any atom is -0.493 e. The van der Waals surface area contributed by atoms with Crippen LogP contribution in [0.5, 0.6) is 11.5 Å². The molecule has 2 heterocycles. The molecule has 0 amide bonds. The summed E-state index contributed by atoms with van der Waals surface area (Å²) in [5.41, 5.74) is 3.32. The summed E-state index contributed by atoms with van der Waals surface area (Å²) in [6, 6.07) is 12.1. The van der Waals surface area contributed by atoms with Gasteiger partial charge in [0.2, 0.25) is 0 Å². The van der Waals surface area contributed by atoms with E-state index >= 15 is 0 Å². The maximum absolute atomic E-state index is 6.23. The van der Waals surface area contributed by atoms with Gasteiger partial charge < -0.3 is 19.5 Å². The number of hydrogen-bond acceptors (Lipinski definition) is 4. The van der Waals surface area contributed by atoms with Crippen LogP contribution in [0, 0.1) is 5.92 Å². The highest BCUT2D eigenvalue weighted by atomic mass is 35.5. The molecule has 3 atom stereocenters. The van der Waals surface area contributed by atoms with E-state index in [0.717, 1.165) is 52.8 Å². The topological polar surface area (TPSA) is 39.7 Å². The normalized spacial score (nSPS) is 24.7. The third kappa shape index (κ3) is 2.83. The Morgan fingerprint density at radius 1 is 1.12 bits per heavy atom. The molecule has 4 rings (SSSR count). The first-order valence-electron chi connectivity index (χ1n) is 8.61. The van der Waals surface area contributed by atoms with Crippen molar-refractivity contribution in [2.45, 2.75) is 25.0 Å². The molecule has 4 nitrogen and oxygen atoms in total. The number of halogens is 1. The van der Waals surface area contributed by atoms with E-state index in [4.69, 9.17) is 25.8 Å². The monoisotopic (exact) mass is 359 g/mol. The van der Waals surface area contributed by atoms with Gasteiger partial charge >= 0.3 is 0 Å². The maximum Gasteiger partial charge on any atom is 0.165 e. The molecule has 1 N–H and O–H groups in total. The Balaban J connectivity index is 1.82. The van der Waals surface area contributed by atoms with Crippen molar-refractivity contribution < 1.29 is 14.2 Å². The third-order valence-electron chi connectivity index (χ3n) is 5.20. The lowest BCUT2D eigenvalue weighted by Gasteiger charge is -2.43. The van der Waals surface area contributed by atoms with E-state index in [-0.39, 0.29) is 12.1 Å². The van der Waals surface area contributed by atoms with E-state index in [1.54, 1.807) is 14.2 Å². The zero-order valence-corrected chi connectivity index (χ0v) is 15.2. The summed E-state index contributed by atoms with van der Waals surface area (Å²) >= 11 is 6.23. The Bertz CT molecular complexity index is 780. The van der Waals surface area contributed by atoms with Gasteiger partial charge in [-0.3, -0.25) is 0 Å². The lowest BCUT2D eigenvalue weighted by atomic mass is 9.77. The second-order valence-corrected chi connectivity index (χ2v) is 6.97. The number of fused-ring (bicyclic) bond motifs is 3. The summed E-state index contributed by atoms with van der Waals surface area (Å²) in [4.78, 5) is 0. The second kappa shape index (κ2) is 6.77. The summed E-state index contributed by atoms with van der Waals surface area (Å²) in [6.45, 7) is 0.787. The summed E-state index contributed by atoms with van der Waals surface area (Å²) in [5, 5.41) is 4.43. The highest BCUT2D eigenvalue weighted by molar-refractivity contribution is 6.30. The lowest BCUT2D eigenvalue weighted by molar-refractivity contribution is -0.0383. The van der Waals surface area contributed by atoms with Crippen molar-refractivity contribution in [1.82, 2.24) is 0 Å². The number of hydrogen-bond donors (Lipinski definition) is 1. The molecule has 1 fully saturated rings. The first kappa shape index (κ1) is 16.6. The van der Waals surface area contributed by atoms with Gasteiger partial charge in [-0.1, -0.05) is 23.7 Å². The summed E-state index contributed by atoms with van der Waals surface area (Å²) in [7, 11) is 3.35. The summed E-state index contributed by atoms with van der Waals surface area (Å²) in [5.74, 6) is 1.85. The van der Waals surface area contributed by atoms with Crippen LogP contribution >= 0.6 is 11.6 Å². The fraction of sp³-hybridized carbons (Fsp3) is 0.400. The van der Waals surface area contributed by atoms with Gasteiger partial charge in [0, 0.05) is 34.4 Å². The highest BCUT2D eigenvalue weighted by Gasteiger charge is 2.41. The van der Waals surface area contributed by atoms with Crippen molar-refractivity contribution in [3.63, 3.8) is 0 Å². The molecule has 2 aromatic rings. The van der Waals surface area contributed by atoms with E-state index in [2.05, 4.69) is 11.4 Å². The molecule has 0 bridgehead atoms. The van der Waals surface area contributed by atoms with Gasteiger partial charge in [0.05, 0.1) is 26.4 Å². The van der Waals surface area contributed by atoms with E-state index in [9.17, 15) is 0 Å². The van der Waals surface area contributed by atoms with Gasteiger partial charge in [0.25, 0.3) is 0 Å². The van der Waals surface area contributed by atoms with Gasteiger partial charge in [0.15, 0.2) is 11.5 Å². The average molecular weight is 360 g/mol. The van der Waals surface area contributed by atoms with Crippen LogP contribution < -0.4 is 14.8 Å². The zero-order valence-electron chi connectivity index (χ0n) is 14.4. The summed E-state index contributed by atoms with van der Waals surface area (Å²) < 4.78 is 17.3. The van der Waals surface area contributed by atoms with E-state index in [1.165, 1.54) is 0 Å². The quantitative estimate of drug-likeness (QED) is 0.837. The minimum atomic E-state index is 0.0459. The molecule has 2 aromatic carbocycles. The van der Waals surface area contributed by atoms with Gasteiger partial charge in [-0.05, 0) is 37.1 Å². The first-order valence-corrected chi connectivity index (χ1v) is 8.99. The molecule has 1 saturated heterocycles. The number of anilines is 1. The van der Waals surface area contributed by atoms with Crippen LogP contribution in [0.25, 0.3) is 0 Å². The Morgan fingerprint density at radius 3 is 2.80 bits per heavy atom. The van der Waals surface area contributed by atoms with Crippen LogP contribution in [0.1, 0.15) is 36.1 Å². The number of benzene rings is 2. The van der Waals surface area contributed by atoms with Gasteiger partial charge in [-0.25, -0.2) is 0 Å². The van der Waals surface area contributed by atoms with Crippen LogP contribution in [0.3, 0.4) is 0 Å². The molecule has 0 saturated carbocycles. The van der Waals surface area contributed by atoms with Gasteiger partial charge in [-0.2, -0.15) is 0 Å². The zero-order chi connectivity index (χ0) is 17.4. The van der Waals surface area contributed by atoms with Crippen molar-refractivity contribution in [3.8, 4) is 11.5 Å². The Morgan fingerprint density at radius 2 is 2.00 bits per heavy atom. The van der Waals surface area contributed by atoms with Crippen molar-refractivity contribution in [2.75, 3.05) is 26.1 Å². The Hall–Kier alpha value is -1.91. The standard InChI is InChI=1S/C20H22ClNO3/c1-23-17-7-3-5-14(20(17)24-2)18-13-6-4-10-25-19(13)15-11-12(21)8-9-16(15)22-18/h3,5,7-9,11,13,18-19,22H,4,6,10H2,1-2H3/t13-,18?,19-/m0/s1. The van der Waals surface area contributed by atoms with Crippen molar-refractivity contribution in [2.24, 2.45) is 5.92 Å². The largest absolute Gasteiger partial charge is 0.493 e. The predicted molar refractivity (Wildman–Crippen MR) is 98.8 cm³/mol. The predicted octanol–water partition coefficient (Wildman–Crippen LogP) is 4.99. The van der Waals surface area contributed by atoms with Gasteiger partial charge in [0.1, 0.15) is 0 Å². The second-order valence-electron chi connectivity index (χ2n) is 6.53. The smallest absolute Gasteiger partial charge is 0.165 e. The van der Waals surface area contributed by atoms with Crippen molar-refractivity contribution in [3.05, 3.63) is 52.5 Å². The van der Waals surface area contributed by atoms with Crippen LogP contribution in [-0.4, -0.2) is 20.8 Å². The van der Waals surface area contributed by atoms with Crippen LogP contribution in [0.4, 0.5) is 5.69 Å². The highest BCUT2D eigenvalue weighted by Crippen LogP contribution is 2.51. The third-order valence-corrected chi connectivity index (χ3v) is 5.43. The molecular formula is C20H22ClNO3. The molecular weight excluding hydrogens is 338 g/mol. The molecule has 1 unspecified atom stereocenters. The number of rotatable bonds is 3. The number of para-hydroxylation sites is 1. The first-order chi connectivity index (χ1) is 12.2. The van der Waals surface area contributed by atoms with Crippen LogP contribution in [0.15, 0.2) is 36.4 Å². The molecule has 0 spiro atoms. The molecule has 0 aliphatic carbocycles. The molecule has 0 radical (unpaired) electrons. The number of methoxy groups -OCH3 is 2. The van der Waals surface area contributed by atoms with Gasteiger partial charge in [-0.15, -0.1) is 0 Å². The SMILES string of the molecule is COc1cccc(C2Nc3ccc(Cl)cc3[C@H]3OCCC[C@@H]23)c1OC. The summed E-state index contributed by atoms with van der Waals surface area (Å²) in [6.07, 6.45) is 2.19. The van der Waals surface area contributed by atoms with Crippen LogP contribution in [0.2, 0.25) is 5.02 Å². The Kier molecular flexibility index (Phi) is 4.48. The fourth-order valence-electron chi connectivity index (χ4n) is 4.11. The van der Waals surface area contributed by atoms with Crippen molar-refractivity contribution >= 4 is 17.3 Å². The fourth-order valence-corrected chi connectivity index (χ4v) is 4.29. The van der Waals surface area contributed by atoms with E-state index in [1.807, 2.05) is 30.3 Å². The molecule has 2 aliphatic rings. The lowest BCUT2D eigenvalue weighted by Crippen LogP contribution is -2.36. The number of ether oxygens (including phenoxy) is 3. The Labute approximate surface area is 153 Å². The van der Waals surface area contributed by atoms with Crippen molar-refractivity contribution in [1.29, 1.82) is 0 Å². The van der Waals surface area contributed by atoms with E-state index in [0.29, 0.717) is 5.92 Å². The average Bonchev–Trinajstić information content (AvgIpc) is 2.66. The van der Waals surface area contributed by atoms with Crippen LogP contribution in [-0.2, 0) is 4.74 Å². The molecule has 132 valence electrons. The maximum atomic E-state index is 6.23. The molecule has 2 aliphatic heterocycles. The minimum absolute atomic E-state index is 0.0459. The molecule has 25 heavy (non-hydrogen) atoms. The number of nitrogens with one attached hydrogen (secondary N) is 1.